The zero-order valence-corrected chi connectivity index (χ0v) is 12.4. The summed E-state index contributed by atoms with van der Waals surface area (Å²) in [6, 6.07) is 2.02. The number of carbonyl (C=O) groups is 1. The molecule has 112 valence electrons. The summed E-state index contributed by atoms with van der Waals surface area (Å²) in [6.07, 6.45) is 8.16. The first-order valence-corrected chi connectivity index (χ1v) is 7.54. The Morgan fingerprint density at radius 3 is 3.10 bits per heavy atom. The van der Waals surface area contributed by atoms with Crippen molar-refractivity contribution in [1.82, 2.24) is 10.3 Å². The molecule has 0 bridgehead atoms. The Morgan fingerprint density at radius 2 is 2.33 bits per heavy atom. The summed E-state index contributed by atoms with van der Waals surface area (Å²) in [6.45, 7) is 2.28. The maximum Gasteiger partial charge on any atom is 0.253 e. The Bertz CT molecular complexity index is 545. The molecule has 1 aliphatic carbocycles. The molecule has 0 aromatic carbocycles. The molecule has 0 saturated heterocycles. The van der Waals surface area contributed by atoms with Gasteiger partial charge in [0.2, 0.25) is 0 Å². The molecule has 2 unspecified atom stereocenters. The molecule has 4 nitrogen and oxygen atoms in total. The molecule has 2 atom stereocenters. The van der Waals surface area contributed by atoms with E-state index in [4.69, 9.17) is 5.11 Å². The zero-order valence-electron chi connectivity index (χ0n) is 12.4. The average molecular weight is 286 g/mol. The molecule has 1 fully saturated rings. The molecular weight excluding hydrogens is 264 g/mol. The molecule has 1 saturated carbocycles. The van der Waals surface area contributed by atoms with Crippen LogP contribution >= 0.6 is 0 Å². The molecular formula is C17H22N2O2. The number of aliphatic hydroxyl groups is 1. The van der Waals surface area contributed by atoms with Gasteiger partial charge in [-0.3, -0.25) is 9.78 Å². The van der Waals surface area contributed by atoms with Crippen LogP contribution in [-0.2, 0) is 0 Å². The highest BCUT2D eigenvalue weighted by molar-refractivity contribution is 5.94. The van der Waals surface area contributed by atoms with E-state index in [1.54, 1.807) is 18.5 Å². The molecule has 0 spiro atoms. The average Bonchev–Trinajstić information content (AvgIpc) is 2.48. The van der Waals surface area contributed by atoms with Gasteiger partial charge in [0.15, 0.2) is 0 Å². The lowest BCUT2D eigenvalue weighted by Crippen LogP contribution is -2.38. The van der Waals surface area contributed by atoms with Crippen molar-refractivity contribution in [3.63, 3.8) is 0 Å². The lowest BCUT2D eigenvalue weighted by Gasteiger charge is -2.27. The van der Waals surface area contributed by atoms with E-state index in [2.05, 4.69) is 29.1 Å². The Hall–Kier alpha value is -1.86. The van der Waals surface area contributed by atoms with Gasteiger partial charge in [-0.1, -0.05) is 31.6 Å². The first-order chi connectivity index (χ1) is 10.2. The fraction of sp³-hybridized carbons (Fsp3) is 0.529. The third kappa shape index (κ3) is 4.87. The first kappa shape index (κ1) is 15.5. The number of carbonyl (C=O) groups excluding carboxylic acids is 1. The van der Waals surface area contributed by atoms with E-state index < -0.39 is 0 Å². The van der Waals surface area contributed by atoms with Crippen molar-refractivity contribution in [2.75, 3.05) is 6.61 Å². The predicted octanol–water partition coefficient (Wildman–Crippen LogP) is 2.12. The van der Waals surface area contributed by atoms with Crippen molar-refractivity contribution in [3.05, 3.63) is 29.6 Å². The monoisotopic (exact) mass is 286 g/mol. The highest BCUT2D eigenvalue weighted by atomic mass is 16.2. The fourth-order valence-corrected chi connectivity index (χ4v) is 2.69. The normalized spacial score (nSPS) is 21.2. The van der Waals surface area contributed by atoms with Gasteiger partial charge in [0.1, 0.15) is 0 Å². The van der Waals surface area contributed by atoms with E-state index in [1.165, 1.54) is 12.8 Å². The van der Waals surface area contributed by atoms with E-state index >= 15 is 0 Å². The Labute approximate surface area is 126 Å². The maximum atomic E-state index is 12.3. The van der Waals surface area contributed by atoms with Gasteiger partial charge in [-0.15, -0.1) is 0 Å². The molecule has 1 heterocycles. The number of hydrogen-bond donors (Lipinski definition) is 2. The largest absolute Gasteiger partial charge is 0.395 e. The minimum atomic E-state index is -0.0765. The minimum Gasteiger partial charge on any atom is -0.395 e. The van der Waals surface area contributed by atoms with Crippen LogP contribution in [0.4, 0.5) is 0 Å². The molecule has 1 aliphatic rings. The van der Waals surface area contributed by atoms with Crippen molar-refractivity contribution < 1.29 is 9.90 Å². The summed E-state index contributed by atoms with van der Waals surface area (Å²) in [7, 11) is 0. The molecule has 2 N–H and O–H groups in total. The van der Waals surface area contributed by atoms with Crippen LogP contribution in [0.5, 0.6) is 0 Å². The van der Waals surface area contributed by atoms with E-state index in [1.807, 2.05) is 0 Å². The molecule has 2 rings (SSSR count). The molecule has 4 heteroatoms. The molecule has 21 heavy (non-hydrogen) atoms. The third-order valence-electron chi connectivity index (χ3n) is 3.74. The van der Waals surface area contributed by atoms with Crippen molar-refractivity contribution in [2.24, 2.45) is 5.92 Å². The van der Waals surface area contributed by atoms with E-state index in [9.17, 15) is 4.79 Å². The highest BCUT2D eigenvalue weighted by Gasteiger charge is 2.21. The number of rotatable bonds is 3. The predicted molar refractivity (Wildman–Crippen MR) is 81.7 cm³/mol. The van der Waals surface area contributed by atoms with Crippen LogP contribution in [0.3, 0.4) is 0 Å². The highest BCUT2D eigenvalue weighted by Crippen LogP contribution is 2.23. The summed E-state index contributed by atoms with van der Waals surface area (Å²) in [5.74, 6) is 6.33. The molecule has 1 aromatic heterocycles. The van der Waals surface area contributed by atoms with Gasteiger partial charge in [-0.05, 0) is 24.8 Å². The second-order valence-corrected chi connectivity index (χ2v) is 5.68. The number of amides is 1. The summed E-state index contributed by atoms with van der Waals surface area (Å²) in [4.78, 5) is 16.3. The van der Waals surface area contributed by atoms with Crippen LogP contribution in [-0.4, -0.2) is 28.6 Å². The standard InChI is InChI=1S/C17H22N2O2/c1-13-5-4-7-16(9-13)19-17(21)15-10-14(11-18-12-15)6-2-3-8-20/h10-13,16,20H,3-5,7-9H2,1H3,(H,19,21). The SMILES string of the molecule is CC1CCCC(NC(=O)c2cncc(C#CCCO)c2)C1. The van der Waals surface area contributed by atoms with Gasteiger partial charge in [0.25, 0.3) is 5.91 Å². The van der Waals surface area contributed by atoms with Crippen molar-refractivity contribution in [2.45, 2.75) is 45.1 Å². The third-order valence-corrected chi connectivity index (χ3v) is 3.74. The van der Waals surface area contributed by atoms with E-state index in [-0.39, 0.29) is 18.6 Å². The second kappa shape index (κ2) is 7.80. The van der Waals surface area contributed by atoms with Crippen LogP contribution in [0.1, 0.15) is 54.9 Å². The number of aliphatic hydroxyl groups excluding tert-OH is 1. The van der Waals surface area contributed by atoms with Crippen molar-refractivity contribution in [1.29, 1.82) is 0 Å². The summed E-state index contributed by atoms with van der Waals surface area (Å²) < 4.78 is 0. The van der Waals surface area contributed by atoms with Gasteiger partial charge in [-0.25, -0.2) is 0 Å². The summed E-state index contributed by atoms with van der Waals surface area (Å²) in [5, 5.41) is 11.8. The molecule has 1 amide bonds. The Balaban J connectivity index is 1.99. The number of nitrogens with one attached hydrogen (secondary N) is 1. The smallest absolute Gasteiger partial charge is 0.253 e. The zero-order chi connectivity index (χ0) is 15.1. The Kier molecular flexibility index (Phi) is 5.77. The second-order valence-electron chi connectivity index (χ2n) is 5.68. The minimum absolute atomic E-state index is 0.0421. The number of pyridine rings is 1. The molecule has 0 radical (unpaired) electrons. The van der Waals surface area contributed by atoms with Crippen LogP contribution < -0.4 is 5.32 Å². The topological polar surface area (TPSA) is 62.2 Å². The fourth-order valence-electron chi connectivity index (χ4n) is 2.69. The van der Waals surface area contributed by atoms with Crippen LogP contribution in [0.25, 0.3) is 0 Å². The lowest BCUT2D eigenvalue weighted by molar-refractivity contribution is 0.0921. The van der Waals surface area contributed by atoms with Crippen molar-refractivity contribution in [3.8, 4) is 11.8 Å². The quantitative estimate of drug-likeness (QED) is 0.837. The maximum absolute atomic E-state index is 12.3. The first-order valence-electron chi connectivity index (χ1n) is 7.54. The Morgan fingerprint density at radius 1 is 1.48 bits per heavy atom. The molecule has 0 aliphatic heterocycles. The molecule has 1 aromatic rings. The summed E-state index contributed by atoms with van der Waals surface area (Å²) >= 11 is 0. The van der Waals surface area contributed by atoms with Crippen molar-refractivity contribution >= 4 is 5.91 Å². The van der Waals surface area contributed by atoms with Gasteiger partial charge in [-0.2, -0.15) is 0 Å². The van der Waals surface area contributed by atoms with Gasteiger partial charge in [0, 0.05) is 30.4 Å². The lowest BCUT2D eigenvalue weighted by atomic mass is 9.87. The number of nitrogens with zero attached hydrogens (tertiary/aromatic N) is 1. The number of aromatic nitrogens is 1. The van der Waals surface area contributed by atoms with Crippen LogP contribution in [0.2, 0.25) is 0 Å². The van der Waals surface area contributed by atoms with Gasteiger partial charge >= 0.3 is 0 Å². The number of hydrogen-bond acceptors (Lipinski definition) is 3. The van der Waals surface area contributed by atoms with Crippen LogP contribution in [0.15, 0.2) is 18.5 Å². The van der Waals surface area contributed by atoms with Crippen LogP contribution in [0, 0.1) is 17.8 Å². The summed E-state index contributed by atoms with van der Waals surface area (Å²) in [5.41, 5.74) is 1.25. The van der Waals surface area contributed by atoms with E-state index in [0.29, 0.717) is 23.5 Å². The van der Waals surface area contributed by atoms with Gasteiger partial charge < -0.3 is 10.4 Å². The van der Waals surface area contributed by atoms with E-state index in [0.717, 1.165) is 12.8 Å². The van der Waals surface area contributed by atoms with Gasteiger partial charge in [0.05, 0.1) is 12.2 Å².